The van der Waals surface area contributed by atoms with E-state index in [1.807, 2.05) is 19.9 Å². The zero-order valence-corrected chi connectivity index (χ0v) is 27.0. The number of benzene rings is 3. The van der Waals surface area contributed by atoms with Crippen LogP contribution in [0.15, 0.2) is 76.1 Å². The number of halogens is 1. The van der Waals surface area contributed by atoms with Gasteiger partial charge in [-0.15, -0.1) is 0 Å². The molecule has 0 aromatic heterocycles. The van der Waals surface area contributed by atoms with Crippen LogP contribution < -0.4 is 19.1 Å². The molecule has 0 fully saturated rings. The molecule has 1 unspecified atom stereocenters. The SMILES string of the molecule is CCCCNC(=O)C(C)N(Cc1cccc(OC)c1)C(=O)CN(c1ccc(C)cc1)S(=O)(=O)c1ccc(OC)c(Br)c1. The summed E-state index contributed by atoms with van der Waals surface area (Å²) < 4.78 is 40.2. The number of aryl methyl sites for hydroxylation is 1. The third-order valence-corrected chi connectivity index (χ3v) is 9.19. The maximum absolute atomic E-state index is 14.1. The van der Waals surface area contributed by atoms with E-state index >= 15 is 0 Å². The van der Waals surface area contributed by atoms with Crippen molar-refractivity contribution < 1.29 is 27.5 Å². The maximum atomic E-state index is 14.1. The van der Waals surface area contributed by atoms with Gasteiger partial charge in [-0.05, 0) is 84.2 Å². The zero-order valence-electron chi connectivity index (χ0n) is 24.6. The van der Waals surface area contributed by atoms with Crippen LogP contribution in [-0.2, 0) is 26.2 Å². The molecule has 0 saturated carbocycles. The van der Waals surface area contributed by atoms with Crippen molar-refractivity contribution in [3.05, 3.63) is 82.3 Å². The summed E-state index contributed by atoms with van der Waals surface area (Å²) in [6.45, 7) is 5.60. The van der Waals surface area contributed by atoms with E-state index < -0.39 is 28.5 Å². The van der Waals surface area contributed by atoms with Crippen LogP contribution in [0.2, 0.25) is 0 Å². The van der Waals surface area contributed by atoms with Crippen LogP contribution in [0.1, 0.15) is 37.8 Å². The normalized spacial score (nSPS) is 11.9. The number of sulfonamides is 1. The van der Waals surface area contributed by atoms with Gasteiger partial charge < -0.3 is 19.7 Å². The van der Waals surface area contributed by atoms with Crippen LogP contribution in [0, 0.1) is 6.92 Å². The van der Waals surface area contributed by atoms with E-state index in [1.165, 1.54) is 24.1 Å². The van der Waals surface area contributed by atoms with E-state index in [1.54, 1.807) is 62.6 Å². The highest BCUT2D eigenvalue weighted by atomic mass is 79.9. The maximum Gasteiger partial charge on any atom is 0.264 e. The predicted octanol–water partition coefficient (Wildman–Crippen LogP) is 5.30. The second-order valence-electron chi connectivity index (χ2n) is 9.84. The minimum Gasteiger partial charge on any atom is -0.497 e. The lowest BCUT2D eigenvalue weighted by Crippen LogP contribution is -2.51. The Bertz CT molecular complexity index is 1480. The molecule has 1 N–H and O–H groups in total. The molecule has 0 aliphatic carbocycles. The highest BCUT2D eigenvalue weighted by Crippen LogP contribution is 2.31. The molecule has 0 aliphatic heterocycles. The molecule has 0 heterocycles. The first kappa shape index (κ1) is 32.9. The number of unbranched alkanes of at least 4 members (excludes halogenated alkanes) is 1. The summed E-state index contributed by atoms with van der Waals surface area (Å²) in [6, 6.07) is 17.6. The van der Waals surface area contributed by atoms with E-state index in [2.05, 4.69) is 21.2 Å². The topological polar surface area (TPSA) is 105 Å². The molecular formula is C31H38BrN3O6S. The fraction of sp³-hybridized carbons (Fsp3) is 0.355. The van der Waals surface area contributed by atoms with Crippen LogP contribution in [0.4, 0.5) is 5.69 Å². The Morgan fingerprint density at radius 2 is 1.71 bits per heavy atom. The minimum absolute atomic E-state index is 0.0201. The predicted molar refractivity (Wildman–Crippen MR) is 167 cm³/mol. The first-order valence-corrected chi connectivity index (χ1v) is 15.9. The third-order valence-electron chi connectivity index (χ3n) is 6.80. The number of nitrogens with one attached hydrogen (secondary N) is 1. The van der Waals surface area contributed by atoms with Crippen molar-refractivity contribution in [1.29, 1.82) is 0 Å². The van der Waals surface area contributed by atoms with Gasteiger partial charge in [-0.2, -0.15) is 0 Å². The monoisotopic (exact) mass is 659 g/mol. The molecule has 2 amide bonds. The third kappa shape index (κ3) is 8.25. The molecule has 0 aliphatic rings. The van der Waals surface area contributed by atoms with Crippen LogP contribution in [0.5, 0.6) is 11.5 Å². The molecule has 0 radical (unpaired) electrons. The highest BCUT2D eigenvalue weighted by Gasteiger charge is 2.33. The number of amides is 2. The quantitative estimate of drug-likeness (QED) is 0.235. The van der Waals surface area contributed by atoms with Crippen LogP contribution in [-0.4, -0.2) is 58.5 Å². The van der Waals surface area contributed by atoms with Crippen molar-refractivity contribution in [2.24, 2.45) is 0 Å². The van der Waals surface area contributed by atoms with Gasteiger partial charge in [0, 0.05) is 13.1 Å². The molecule has 0 spiro atoms. The van der Waals surface area contributed by atoms with Crippen molar-refractivity contribution in [2.75, 3.05) is 31.6 Å². The summed E-state index contributed by atoms with van der Waals surface area (Å²) in [5.74, 6) is 0.226. The second-order valence-corrected chi connectivity index (χ2v) is 12.6. The number of carbonyl (C=O) groups is 2. The van der Waals surface area contributed by atoms with E-state index in [4.69, 9.17) is 9.47 Å². The van der Waals surface area contributed by atoms with Gasteiger partial charge in [0.05, 0.1) is 29.3 Å². The molecule has 3 rings (SSSR count). The molecular weight excluding hydrogens is 622 g/mol. The van der Waals surface area contributed by atoms with Gasteiger partial charge in [0.25, 0.3) is 10.0 Å². The van der Waals surface area contributed by atoms with Crippen molar-refractivity contribution >= 4 is 43.5 Å². The Morgan fingerprint density at radius 3 is 2.33 bits per heavy atom. The Kier molecular flexibility index (Phi) is 11.8. The molecule has 3 aromatic carbocycles. The lowest BCUT2D eigenvalue weighted by atomic mass is 10.1. The first-order chi connectivity index (χ1) is 20.0. The number of ether oxygens (including phenoxy) is 2. The fourth-order valence-electron chi connectivity index (χ4n) is 4.26. The van der Waals surface area contributed by atoms with E-state index in [0.717, 1.165) is 28.3 Å². The zero-order chi connectivity index (χ0) is 30.9. The molecule has 226 valence electrons. The summed E-state index contributed by atoms with van der Waals surface area (Å²) in [7, 11) is -1.17. The lowest BCUT2D eigenvalue weighted by molar-refractivity contribution is -0.139. The van der Waals surface area contributed by atoms with Gasteiger partial charge in [0.15, 0.2) is 0 Å². The van der Waals surface area contributed by atoms with Crippen molar-refractivity contribution in [3.8, 4) is 11.5 Å². The smallest absolute Gasteiger partial charge is 0.264 e. The number of hydrogen-bond acceptors (Lipinski definition) is 6. The Labute approximate surface area is 257 Å². The van der Waals surface area contributed by atoms with Crippen LogP contribution >= 0.6 is 15.9 Å². The average molecular weight is 661 g/mol. The van der Waals surface area contributed by atoms with Gasteiger partial charge in [-0.25, -0.2) is 8.42 Å². The Hall–Kier alpha value is -3.57. The van der Waals surface area contributed by atoms with Gasteiger partial charge in [-0.1, -0.05) is 43.2 Å². The number of rotatable bonds is 14. The number of methoxy groups -OCH3 is 2. The van der Waals surface area contributed by atoms with E-state index in [-0.39, 0.29) is 17.3 Å². The van der Waals surface area contributed by atoms with Gasteiger partial charge >= 0.3 is 0 Å². The molecule has 1 atom stereocenters. The largest absolute Gasteiger partial charge is 0.497 e. The molecule has 11 heteroatoms. The standard InChI is InChI=1S/C31H38BrN3O6S/c1-6-7-17-33-31(37)23(3)34(20-24-9-8-10-26(18-24)40-4)30(36)21-35(25-13-11-22(2)12-14-25)42(38,39)27-15-16-29(41-5)28(32)19-27/h8-16,18-19,23H,6-7,17,20-21H2,1-5H3,(H,33,37). The fourth-order valence-corrected chi connectivity index (χ4v) is 6.39. The summed E-state index contributed by atoms with van der Waals surface area (Å²) in [5, 5.41) is 2.88. The second kappa shape index (κ2) is 15.1. The Morgan fingerprint density at radius 1 is 1.00 bits per heavy atom. The van der Waals surface area contributed by atoms with Gasteiger partial charge in [0.2, 0.25) is 11.8 Å². The van der Waals surface area contributed by atoms with Crippen molar-refractivity contribution in [2.45, 2.75) is 51.1 Å². The number of carbonyl (C=O) groups excluding carboxylic acids is 2. The molecule has 0 bridgehead atoms. The number of anilines is 1. The summed E-state index contributed by atoms with van der Waals surface area (Å²) >= 11 is 3.36. The molecule has 3 aromatic rings. The average Bonchev–Trinajstić information content (AvgIpc) is 2.98. The van der Waals surface area contributed by atoms with Crippen molar-refractivity contribution in [3.63, 3.8) is 0 Å². The summed E-state index contributed by atoms with van der Waals surface area (Å²) in [5.41, 5.74) is 1.99. The van der Waals surface area contributed by atoms with Crippen LogP contribution in [0.25, 0.3) is 0 Å². The summed E-state index contributed by atoms with van der Waals surface area (Å²) in [6.07, 6.45) is 1.71. The minimum atomic E-state index is -4.21. The van der Waals surface area contributed by atoms with E-state index in [9.17, 15) is 18.0 Å². The van der Waals surface area contributed by atoms with E-state index in [0.29, 0.717) is 28.2 Å². The molecule has 9 nitrogen and oxygen atoms in total. The van der Waals surface area contributed by atoms with Gasteiger partial charge in [-0.3, -0.25) is 13.9 Å². The number of hydrogen-bond donors (Lipinski definition) is 1. The van der Waals surface area contributed by atoms with Crippen molar-refractivity contribution in [1.82, 2.24) is 10.2 Å². The Balaban J connectivity index is 2.03. The summed E-state index contributed by atoms with van der Waals surface area (Å²) in [4.78, 5) is 28.5. The molecule has 0 saturated heterocycles. The van der Waals surface area contributed by atoms with Crippen LogP contribution in [0.3, 0.4) is 0 Å². The molecule has 42 heavy (non-hydrogen) atoms. The number of nitrogens with zero attached hydrogens (tertiary/aromatic N) is 2. The van der Waals surface area contributed by atoms with Gasteiger partial charge in [0.1, 0.15) is 24.1 Å². The highest BCUT2D eigenvalue weighted by molar-refractivity contribution is 9.10. The lowest BCUT2D eigenvalue weighted by Gasteiger charge is -2.32. The first-order valence-electron chi connectivity index (χ1n) is 13.6.